The molecule has 3 unspecified atom stereocenters. The van der Waals surface area contributed by atoms with Crippen molar-refractivity contribution in [3.8, 4) is 0 Å². The molecule has 0 fully saturated rings. The molecular formula is C22H40Na2O7S. The molecule has 0 aromatic carbocycles. The molecule has 0 aliphatic heterocycles. The summed E-state index contributed by atoms with van der Waals surface area (Å²) >= 11 is 0. The number of carbonyl (C=O) groups is 2. The van der Waals surface area contributed by atoms with Gasteiger partial charge in [-0.15, -0.1) is 0 Å². The molecule has 0 aromatic heterocycles. The summed E-state index contributed by atoms with van der Waals surface area (Å²) in [5.41, 5.74) is -2.24. The summed E-state index contributed by atoms with van der Waals surface area (Å²) in [7, 11) is -5.23. The number of rotatable bonds is 18. The van der Waals surface area contributed by atoms with Gasteiger partial charge in [0.2, 0.25) is 0 Å². The molecule has 0 aliphatic rings. The number of carbonyl (C=O) groups excluding carboxylic acids is 2. The topological polar surface area (TPSA) is 135 Å². The van der Waals surface area contributed by atoms with Gasteiger partial charge >= 0.3 is 59.1 Å². The fourth-order valence-corrected chi connectivity index (χ4v) is 6.18. The third-order valence-electron chi connectivity index (χ3n) is 6.45. The summed E-state index contributed by atoms with van der Waals surface area (Å²) in [6.45, 7) is 7.53. The van der Waals surface area contributed by atoms with E-state index in [4.69, 9.17) is 0 Å². The van der Waals surface area contributed by atoms with Gasteiger partial charge < -0.3 is 19.8 Å². The van der Waals surface area contributed by atoms with Gasteiger partial charge in [0.15, 0.2) is 0 Å². The van der Waals surface area contributed by atoms with Crippen molar-refractivity contribution in [1.82, 2.24) is 0 Å². The smallest absolute Gasteiger partial charge is 0.549 e. The Bertz CT molecular complexity index is 606. The van der Waals surface area contributed by atoms with E-state index in [-0.39, 0.29) is 72.0 Å². The minimum Gasteiger partial charge on any atom is -0.549 e. The van der Waals surface area contributed by atoms with Gasteiger partial charge in [0, 0.05) is 11.4 Å². The average Bonchev–Trinajstić information content (AvgIpc) is 2.65. The van der Waals surface area contributed by atoms with Crippen LogP contribution in [0, 0.1) is 17.3 Å². The van der Waals surface area contributed by atoms with Crippen molar-refractivity contribution in [3.63, 3.8) is 0 Å². The van der Waals surface area contributed by atoms with Crippen LogP contribution in [-0.4, -0.2) is 30.2 Å². The Morgan fingerprint density at radius 3 is 1.38 bits per heavy atom. The first kappa shape index (κ1) is 37.4. The van der Waals surface area contributed by atoms with Crippen LogP contribution in [-0.2, 0) is 19.7 Å². The zero-order valence-electron chi connectivity index (χ0n) is 21.0. The normalized spacial score (nSPS) is 16.0. The van der Waals surface area contributed by atoms with Crippen LogP contribution in [0.25, 0.3) is 0 Å². The maximum atomic E-state index is 12.6. The number of carboxylic acid groups (broad SMARTS) is 2. The first-order valence-electron chi connectivity index (χ1n) is 11.4. The first-order valence-corrected chi connectivity index (χ1v) is 12.9. The molecule has 0 aromatic rings. The Kier molecular flexibility index (Phi) is 22.3. The average molecular weight is 495 g/mol. The minimum atomic E-state index is -5.23. The van der Waals surface area contributed by atoms with Crippen LogP contribution in [0.3, 0.4) is 0 Å². The second kappa shape index (κ2) is 19.1. The fraction of sp³-hybridized carbons (Fsp3) is 0.909. The van der Waals surface area contributed by atoms with Crippen molar-refractivity contribution in [3.05, 3.63) is 0 Å². The van der Waals surface area contributed by atoms with E-state index in [9.17, 15) is 32.8 Å². The summed E-state index contributed by atoms with van der Waals surface area (Å²) < 4.78 is 34.1. The molecule has 0 bridgehead atoms. The number of hydrogen-bond acceptors (Lipinski definition) is 6. The molecule has 1 N–H and O–H groups in total. The Balaban J connectivity index is -0.00000420. The second-order valence-corrected chi connectivity index (χ2v) is 9.84. The molecule has 0 saturated carbocycles. The molecule has 0 amide bonds. The van der Waals surface area contributed by atoms with E-state index >= 15 is 0 Å². The number of hydrogen-bond donors (Lipinski definition) is 1. The van der Waals surface area contributed by atoms with E-state index in [1.165, 1.54) is 0 Å². The van der Waals surface area contributed by atoms with Crippen LogP contribution >= 0.6 is 0 Å². The minimum absolute atomic E-state index is 0. The van der Waals surface area contributed by atoms with Crippen LogP contribution in [0.15, 0.2) is 0 Å². The fourth-order valence-electron chi connectivity index (χ4n) is 4.96. The molecule has 178 valence electrons. The van der Waals surface area contributed by atoms with Crippen LogP contribution in [0.4, 0.5) is 0 Å². The van der Waals surface area contributed by atoms with Gasteiger partial charge in [0.05, 0.1) is 5.97 Å². The zero-order valence-corrected chi connectivity index (χ0v) is 25.8. The van der Waals surface area contributed by atoms with Gasteiger partial charge in [0.25, 0.3) is 10.1 Å². The monoisotopic (exact) mass is 494 g/mol. The quantitative estimate of drug-likeness (QED) is 0.120. The Morgan fingerprint density at radius 1 is 0.781 bits per heavy atom. The van der Waals surface area contributed by atoms with E-state index in [1.807, 2.05) is 13.8 Å². The molecular weight excluding hydrogens is 454 g/mol. The summed E-state index contributed by atoms with van der Waals surface area (Å²) in [5.74, 6) is -5.33. The maximum absolute atomic E-state index is 12.6. The van der Waals surface area contributed by atoms with Gasteiger partial charge in [-0.05, 0) is 24.7 Å². The van der Waals surface area contributed by atoms with Crippen LogP contribution in [0.1, 0.15) is 105 Å². The van der Waals surface area contributed by atoms with Gasteiger partial charge in [-0.1, -0.05) is 91.9 Å². The zero-order chi connectivity index (χ0) is 23.4. The van der Waals surface area contributed by atoms with E-state index in [0.29, 0.717) is 25.7 Å². The predicted octanol–water partition coefficient (Wildman–Crippen LogP) is -3.27. The largest absolute Gasteiger partial charge is 1.00 e. The van der Waals surface area contributed by atoms with Crippen molar-refractivity contribution in [2.45, 2.75) is 110 Å². The molecule has 7 nitrogen and oxygen atoms in total. The molecule has 0 aliphatic carbocycles. The third-order valence-corrected chi connectivity index (χ3v) is 7.63. The van der Waals surface area contributed by atoms with Gasteiger partial charge in [-0.3, -0.25) is 4.55 Å². The van der Waals surface area contributed by atoms with Crippen LogP contribution in [0.2, 0.25) is 0 Å². The van der Waals surface area contributed by atoms with E-state index in [2.05, 4.69) is 0 Å². The molecule has 32 heavy (non-hydrogen) atoms. The van der Waals surface area contributed by atoms with E-state index in [0.717, 1.165) is 38.5 Å². The van der Waals surface area contributed by atoms with Crippen molar-refractivity contribution in [2.75, 3.05) is 0 Å². The first-order chi connectivity index (χ1) is 14.0. The van der Waals surface area contributed by atoms with Gasteiger partial charge in [-0.2, -0.15) is 8.42 Å². The van der Waals surface area contributed by atoms with E-state index in [1.54, 1.807) is 13.8 Å². The van der Waals surface area contributed by atoms with E-state index < -0.39 is 44.6 Å². The SMILES string of the molecule is CCCCCCC(CC)C(C(=O)[O-])(C(CC)CCCCCC)C(C(=O)[O-])S(=O)(=O)O.[Na+].[Na+]. The van der Waals surface area contributed by atoms with Crippen molar-refractivity contribution in [2.24, 2.45) is 17.3 Å². The molecule has 10 heteroatoms. The summed E-state index contributed by atoms with van der Waals surface area (Å²) in [4.78, 5) is 24.6. The second-order valence-electron chi connectivity index (χ2n) is 8.34. The molecule has 3 atom stereocenters. The number of aliphatic carboxylic acids is 2. The molecule has 0 saturated heterocycles. The number of unbranched alkanes of at least 4 members (excludes halogenated alkanes) is 6. The standard InChI is InChI=1S/C22H42O7S.2Na/c1-5-9-11-13-15-17(7-3)22(21(25)26,19(20(23)24)30(27,28)29)18(8-4)16-14-12-10-6-2;;/h17-19H,5-16H2,1-4H3,(H,23,24)(H,25,26)(H,27,28,29);;/q;2*+1/p-2. The molecule has 0 radical (unpaired) electrons. The Morgan fingerprint density at radius 2 is 1.16 bits per heavy atom. The molecule has 0 spiro atoms. The number of carboxylic acids is 2. The maximum Gasteiger partial charge on any atom is 1.00 e. The van der Waals surface area contributed by atoms with Crippen molar-refractivity contribution < 1.29 is 91.9 Å². The third kappa shape index (κ3) is 10.6. The van der Waals surface area contributed by atoms with Gasteiger partial charge in [-0.25, -0.2) is 0 Å². The predicted molar refractivity (Wildman–Crippen MR) is 113 cm³/mol. The Labute approximate surface area is 239 Å². The molecule has 0 heterocycles. The van der Waals surface area contributed by atoms with Crippen molar-refractivity contribution in [1.29, 1.82) is 0 Å². The summed E-state index contributed by atoms with van der Waals surface area (Å²) in [6.07, 6.45) is 8.08. The Hall–Kier alpha value is 0.850. The van der Waals surface area contributed by atoms with Crippen LogP contribution in [0.5, 0.6) is 0 Å². The summed E-state index contributed by atoms with van der Waals surface area (Å²) in [6, 6.07) is 0. The van der Waals surface area contributed by atoms with Gasteiger partial charge in [0.1, 0.15) is 5.25 Å². The van der Waals surface area contributed by atoms with Crippen molar-refractivity contribution >= 4 is 22.1 Å². The summed E-state index contributed by atoms with van der Waals surface area (Å²) in [5, 5.41) is 22.0. The molecule has 0 rings (SSSR count). The van der Waals surface area contributed by atoms with Crippen LogP contribution < -0.4 is 69.3 Å².